The Hall–Kier alpha value is -1.62. The molecule has 0 atom stereocenters. The van der Waals surface area contributed by atoms with Crippen LogP contribution in [0.3, 0.4) is 0 Å². The predicted octanol–water partition coefficient (Wildman–Crippen LogP) is 2.23. The standard InChI is InChI=1S/C15H23FN2O2/c1-11(2)18-10-12-7-13(16)9-14(8-12)20-6-4-5-15(19)17-3/h7-9,11,18H,4-6,10H2,1-3H3,(H,17,19). The molecule has 5 heteroatoms. The average Bonchev–Trinajstić information content (AvgIpc) is 2.40. The summed E-state index contributed by atoms with van der Waals surface area (Å²) >= 11 is 0. The van der Waals surface area contributed by atoms with Crippen LogP contribution in [0.5, 0.6) is 5.75 Å². The number of halogens is 1. The number of rotatable bonds is 8. The third kappa shape index (κ3) is 6.52. The average molecular weight is 282 g/mol. The maximum absolute atomic E-state index is 13.5. The fraction of sp³-hybridized carbons (Fsp3) is 0.533. The van der Waals surface area contributed by atoms with Crippen LogP contribution in [0.15, 0.2) is 18.2 Å². The topological polar surface area (TPSA) is 50.4 Å². The van der Waals surface area contributed by atoms with Gasteiger partial charge >= 0.3 is 0 Å². The molecule has 0 saturated heterocycles. The van der Waals surface area contributed by atoms with Gasteiger partial charge in [0, 0.05) is 32.1 Å². The molecule has 0 unspecified atom stereocenters. The monoisotopic (exact) mass is 282 g/mol. The highest BCUT2D eigenvalue weighted by atomic mass is 19.1. The summed E-state index contributed by atoms with van der Waals surface area (Å²) in [5.74, 6) is 0.173. The smallest absolute Gasteiger partial charge is 0.219 e. The van der Waals surface area contributed by atoms with E-state index in [4.69, 9.17) is 4.74 Å². The van der Waals surface area contributed by atoms with Crippen molar-refractivity contribution in [3.8, 4) is 5.75 Å². The van der Waals surface area contributed by atoms with Gasteiger partial charge in [0.15, 0.2) is 0 Å². The maximum Gasteiger partial charge on any atom is 0.219 e. The second-order valence-corrected chi connectivity index (χ2v) is 4.96. The van der Waals surface area contributed by atoms with Crippen molar-refractivity contribution in [2.24, 2.45) is 0 Å². The fourth-order valence-electron chi connectivity index (χ4n) is 1.68. The van der Waals surface area contributed by atoms with E-state index in [-0.39, 0.29) is 11.7 Å². The van der Waals surface area contributed by atoms with Gasteiger partial charge in [-0.3, -0.25) is 4.79 Å². The number of benzene rings is 1. The Morgan fingerprint density at radius 2 is 2.10 bits per heavy atom. The lowest BCUT2D eigenvalue weighted by Gasteiger charge is -2.11. The molecule has 0 aliphatic rings. The first-order valence-electron chi connectivity index (χ1n) is 6.87. The molecule has 20 heavy (non-hydrogen) atoms. The van der Waals surface area contributed by atoms with Crippen LogP contribution in [0.2, 0.25) is 0 Å². The molecule has 0 fully saturated rings. The van der Waals surface area contributed by atoms with Gasteiger partial charge in [0.05, 0.1) is 6.61 Å². The Morgan fingerprint density at radius 3 is 2.75 bits per heavy atom. The Kier molecular flexibility index (Phi) is 7.01. The molecule has 1 amide bonds. The van der Waals surface area contributed by atoms with Crippen molar-refractivity contribution in [1.82, 2.24) is 10.6 Å². The fourth-order valence-corrected chi connectivity index (χ4v) is 1.68. The summed E-state index contributed by atoms with van der Waals surface area (Å²) in [6, 6.07) is 5.01. The van der Waals surface area contributed by atoms with Gasteiger partial charge < -0.3 is 15.4 Å². The minimum Gasteiger partial charge on any atom is -0.493 e. The highest BCUT2D eigenvalue weighted by Gasteiger charge is 2.04. The van der Waals surface area contributed by atoms with E-state index in [1.165, 1.54) is 12.1 Å². The maximum atomic E-state index is 13.5. The van der Waals surface area contributed by atoms with E-state index in [0.29, 0.717) is 37.8 Å². The summed E-state index contributed by atoms with van der Waals surface area (Å²) < 4.78 is 19.0. The molecule has 0 radical (unpaired) electrons. The van der Waals surface area contributed by atoms with Gasteiger partial charge in [0.25, 0.3) is 0 Å². The first-order valence-corrected chi connectivity index (χ1v) is 6.87. The molecule has 0 heterocycles. The molecular formula is C15H23FN2O2. The van der Waals surface area contributed by atoms with Gasteiger partial charge in [-0.25, -0.2) is 4.39 Å². The highest BCUT2D eigenvalue weighted by molar-refractivity contribution is 5.75. The molecule has 4 nitrogen and oxygen atoms in total. The molecule has 0 aliphatic carbocycles. The molecule has 0 bridgehead atoms. The van der Waals surface area contributed by atoms with E-state index < -0.39 is 0 Å². The summed E-state index contributed by atoms with van der Waals surface area (Å²) in [6.07, 6.45) is 1.02. The summed E-state index contributed by atoms with van der Waals surface area (Å²) in [4.78, 5) is 11.0. The van der Waals surface area contributed by atoms with Crippen LogP contribution in [0.25, 0.3) is 0 Å². The van der Waals surface area contributed by atoms with Crippen molar-refractivity contribution in [1.29, 1.82) is 0 Å². The van der Waals surface area contributed by atoms with Crippen LogP contribution in [-0.4, -0.2) is 25.6 Å². The first kappa shape index (κ1) is 16.4. The zero-order valence-corrected chi connectivity index (χ0v) is 12.3. The molecule has 1 rings (SSSR count). The van der Waals surface area contributed by atoms with E-state index >= 15 is 0 Å². The van der Waals surface area contributed by atoms with Gasteiger partial charge in [0.2, 0.25) is 5.91 Å². The van der Waals surface area contributed by atoms with E-state index in [9.17, 15) is 9.18 Å². The number of carbonyl (C=O) groups is 1. The number of amides is 1. The van der Waals surface area contributed by atoms with Crippen LogP contribution in [-0.2, 0) is 11.3 Å². The Labute approximate surface area is 119 Å². The largest absolute Gasteiger partial charge is 0.493 e. The molecule has 112 valence electrons. The minimum absolute atomic E-state index is 0.0188. The van der Waals surface area contributed by atoms with Crippen molar-refractivity contribution in [2.45, 2.75) is 39.3 Å². The molecule has 1 aromatic rings. The number of nitrogens with one attached hydrogen (secondary N) is 2. The van der Waals surface area contributed by atoms with Crippen LogP contribution in [0.1, 0.15) is 32.3 Å². The van der Waals surface area contributed by atoms with Gasteiger partial charge in [-0.15, -0.1) is 0 Å². The molecule has 0 aliphatic heterocycles. The van der Waals surface area contributed by atoms with Crippen molar-refractivity contribution in [2.75, 3.05) is 13.7 Å². The number of ether oxygens (including phenoxy) is 1. The zero-order chi connectivity index (χ0) is 15.0. The Balaban J connectivity index is 2.46. The van der Waals surface area contributed by atoms with Gasteiger partial charge in [-0.2, -0.15) is 0 Å². The van der Waals surface area contributed by atoms with Crippen molar-refractivity contribution < 1.29 is 13.9 Å². The number of hydrogen-bond acceptors (Lipinski definition) is 3. The van der Waals surface area contributed by atoms with Gasteiger partial charge in [-0.05, 0) is 24.1 Å². The Bertz CT molecular complexity index is 436. The Morgan fingerprint density at radius 1 is 1.35 bits per heavy atom. The van der Waals surface area contributed by atoms with Gasteiger partial charge in [-0.1, -0.05) is 13.8 Å². The van der Waals surface area contributed by atoms with Crippen molar-refractivity contribution in [3.05, 3.63) is 29.6 Å². The number of hydrogen-bond donors (Lipinski definition) is 2. The lowest BCUT2D eigenvalue weighted by atomic mass is 10.2. The SMILES string of the molecule is CNC(=O)CCCOc1cc(F)cc(CNC(C)C)c1. The van der Waals surface area contributed by atoms with Crippen molar-refractivity contribution in [3.63, 3.8) is 0 Å². The number of carbonyl (C=O) groups excluding carboxylic acids is 1. The molecule has 1 aromatic carbocycles. The lowest BCUT2D eigenvalue weighted by Crippen LogP contribution is -2.21. The van der Waals surface area contributed by atoms with Crippen LogP contribution in [0.4, 0.5) is 4.39 Å². The summed E-state index contributed by atoms with van der Waals surface area (Å²) in [5, 5.41) is 5.78. The van der Waals surface area contributed by atoms with E-state index in [2.05, 4.69) is 10.6 Å². The highest BCUT2D eigenvalue weighted by Crippen LogP contribution is 2.17. The third-order valence-electron chi connectivity index (χ3n) is 2.74. The normalized spacial score (nSPS) is 10.7. The lowest BCUT2D eigenvalue weighted by molar-refractivity contribution is -0.120. The predicted molar refractivity (Wildman–Crippen MR) is 77.2 cm³/mol. The first-order chi connectivity index (χ1) is 9.51. The molecule has 0 spiro atoms. The second-order valence-electron chi connectivity index (χ2n) is 4.96. The van der Waals surface area contributed by atoms with Crippen LogP contribution in [0, 0.1) is 5.82 Å². The minimum atomic E-state index is -0.311. The van der Waals surface area contributed by atoms with E-state index in [1.54, 1.807) is 7.05 Å². The van der Waals surface area contributed by atoms with Gasteiger partial charge in [0.1, 0.15) is 11.6 Å². The molecule has 0 aromatic heterocycles. The summed E-state index contributed by atoms with van der Waals surface area (Å²) in [7, 11) is 1.60. The quantitative estimate of drug-likeness (QED) is 0.719. The molecule has 2 N–H and O–H groups in total. The van der Waals surface area contributed by atoms with E-state index in [0.717, 1.165) is 5.56 Å². The second kappa shape index (κ2) is 8.53. The molecule has 0 saturated carbocycles. The van der Waals surface area contributed by atoms with Crippen LogP contribution >= 0.6 is 0 Å². The van der Waals surface area contributed by atoms with E-state index in [1.807, 2.05) is 19.9 Å². The molecular weight excluding hydrogens is 259 g/mol. The summed E-state index contributed by atoms with van der Waals surface area (Å²) in [6.45, 7) is 5.07. The third-order valence-corrected chi connectivity index (χ3v) is 2.74. The van der Waals surface area contributed by atoms with Crippen molar-refractivity contribution >= 4 is 5.91 Å². The summed E-state index contributed by atoms with van der Waals surface area (Å²) in [5.41, 5.74) is 0.847. The zero-order valence-electron chi connectivity index (χ0n) is 12.3. The van der Waals surface area contributed by atoms with Crippen LogP contribution < -0.4 is 15.4 Å².